The Hall–Kier alpha value is -3.85. The molecule has 3 aromatic carbocycles. The third kappa shape index (κ3) is 5.99. The zero-order valence-corrected chi connectivity index (χ0v) is 22.1. The van der Waals surface area contributed by atoms with Crippen LogP contribution in [-0.4, -0.2) is 55.2 Å². The number of carbonyl (C=O) groups is 2. The summed E-state index contributed by atoms with van der Waals surface area (Å²) in [4.78, 5) is 28.2. The molecule has 9 heteroatoms. The number of para-hydroxylation sites is 1. The standard InChI is InChI=1S/C31H33F3N4O2/c32-31(33,34)21-35-28(39)30(26-14-6-4-12-24(26)25-13-5-7-15-27(25)30)17-8-9-18-38-19-16-23(20-38)37-29(40)36-22-10-2-1-3-11-22/h1-7,10-15,23H,8-9,16-21H2,(H,35,39)(H2,36,37,40). The number of carbonyl (C=O) groups excluding carboxylic acids is 2. The summed E-state index contributed by atoms with van der Waals surface area (Å²) in [6.45, 7) is 0.990. The third-order valence-electron chi connectivity index (χ3n) is 7.82. The fourth-order valence-corrected chi connectivity index (χ4v) is 6.04. The predicted octanol–water partition coefficient (Wildman–Crippen LogP) is 5.70. The molecule has 0 radical (unpaired) electrons. The average Bonchev–Trinajstić information content (AvgIpc) is 3.50. The molecule has 210 valence electrons. The number of hydrogen-bond acceptors (Lipinski definition) is 3. The maximum Gasteiger partial charge on any atom is 0.405 e. The summed E-state index contributed by atoms with van der Waals surface area (Å²) in [5.74, 6) is -0.614. The quantitative estimate of drug-likeness (QED) is 0.300. The van der Waals surface area contributed by atoms with E-state index in [9.17, 15) is 22.8 Å². The molecular formula is C31H33F3N4O2. The van der Waals surface area contributed by atoms with E-state index in [1.54, 1.807) is 0 Å². The van der Waals surface area contributed by atoms with Crippen LogP contribution in [0.15, 0.2) is 78.9 Å². The Kier molecular flexibility index (Phi) is 8.12. The molecule has 1 unspecified atom stereocenters. The molecule has 3 aromatic rings. The Morgan fingerprint density at radius 2 is 1.50 bits per heavy atom. The lowest BCUT2D eigenvalue weighted by Crippen LogP contribution is -2.47. The minimum Gasteiger partial charge on any atom is -0.346 e. The van der Waals surface area contributed by atoms with E-state index < -0.39 is 24.0 Å². The van der Waals surface area contributed by atoms with E-state index in [0.29, 0.717) is 12.8 Å². The Labute approximate surface area is 232 Å². The zero-order chi connectivity index (χ0) is 28.2. The van der Waals surface area contributed by atoms with Crippen LogP contribution >= 0.6 is 0 Å². The van der Waals surface area contributed by atoms with Gasteiger partial charge in [0.1, 0.15) is 12.0 Å². The third-order valence-corrected chi connectivity index (χ3v) is 7.82. The number of anilines is 1. The Balaban J connectivity index is 1.21. The van der Waals surface area contributed by atoms with Gasteiger partial charge < -0.3 is 20.9 Å². The van der Waals surface area contributed by atoms with Gasteiger partial charge >= 0.3 is 12.2 Å². The molecule has 1 atom stereocenters. The van der Waals surface area contributed by atoms with Gasteiger partial charge in [0.05, 0.1) is 0 Å². The topological polar surface area (TPSA) is 73.5 Å². The number of benzene rings is 3. The lowest BCUT2D eigenvalue weighted by molar-refractivity contribution is -0.141. The van der Waals surface area contributed by atoms with E-state index in [0.717, 1.165) is 60.4 Å². The van der Waals surface area contributed by atoms with E-state index in [-0.39, 0.29) is 12.1 Å². The normalized spacial score (nSPS) is 17.6. The van der Waals surface area contributed by atoms with Crippen LogP contribution in [0.3, 0.4) is 0 Å². The van der Waals surface area contributed by atoms with E-state index in [1.165, 1.54) is 0 Å². The van der Waals surface area contributed by atoms with Crippen molar-refractivity contribution >= 4 is 17.6 Å². The van der Waals surface area contributed by atoms with Crippen LogP contribution in [0.4, 0.5) is 23.7 Å². The van der Waals surface area contributed by atoms with Crippen molar-refractivity contribution in [3.05, 3.63) is 90.0 Å². The van der Waals surface area contributed by atoms with E-state index in [2.05, 4.69) is 20.9 Å². The number of rotatable bonds is 9. The maximum atomic E-state index is 13.6. The highest BCUT2D eigenvalue weighted by atomic mass is 19.4. The second-order valence-electron chi connectivity index (χ2n) is 10.5. The number of alkyl halides is 3. The first-order valence-corrected chi connectivity index (χ1v) is 13.7. The Morgan fingerprint density at radius 3 is 2.15 bits per heavy atom. The number of likely N-dealkylation sites (tertiary alicyclic amines) is 1. The SMILES string of the molecule is O=C(Nc1ccccc1)NC1CCN(CCCCC2(C(=O)NCC(F)(F)F)c3ccccc3-c3ccccc32)C1. The monoisotopic (exact) mass is 550 g/mol. The molecule has 3 amide bonds. The van der Waals surface area contributed by atoms with Gasteiger partial charge in [-0.15, -0.1) is 0 Å². The number of nitrogens with zero attached hydrogens (tertiary/aromatic N) is 1. The maximum absolute atomic E-state index is 13.6. The minimum atomic E-state index is -4.49. The average molecular weight is 551 g/mol. The van der Waals surface area contributed by atoms with Crippen LogP contribution in [-0.2, 0) is 10.2 Å². The first-order valence-electron chi connectivity index (χ1n) is 13.7. The molecule has 1 aliphatic heterocycles. The molecule has 0 spiro atoms. The van der Waals surface area contributed by atoms with E-state index in [4.69, 9.17) is 0 Å². The van der Waals surface area contributed by atoms with Gasteiger partial charge in [-0.2, -0.15) is 13.2 Å². The van der Waals surface area contributed by atoms with Crippen LogP contribution in [0.25, 0.3) is 11.1 Å². The van der Waals surface area contributed by atoms with Gasteiger partial charge in [0.15, 0.2) is 0 Å². The molecule has 0 bridgehead atoms. The molecule has 1 aliphatic carbocycles. The van der Waals surface area contributed by atoms with Crippen molar-refractivity contribution in [2.45, 2.75) is 43.3 Å². The lowest BCUT2D eigenvalue weighted by atomic mass is 9.73. The van der Waals surface area contributed by atoms with E-state index in [1.807, 2.05) is 78.9 Å². The second kappa shape index (κ2) is 11.7. The first-order chi connectivity index (χ1) is 19.3. The Morgan fingerprint density at radius 1 is 0.875 bits per heavy atom. The van der Waals surface area contributed by atoms with Gasteiger partial charge in [-0.25, -0.2) is 4.79 Å². The van der Waals surface area contributed by atoms with Gasteiger partial charge in [0.25, 0.3) is 0 Å². The highest BCUT2D eigenvalue weighted by molar-refractivity contribution is 6.00. The van der Waals surface area contributed by atoms with Crippen LogP contribution in [0, 0.1) is 0 Å². The van der Waals surface area contributed by atoms with Crippen LogP contribution in [0.5, 0.6) is 0 Å². The molecule has 1 heterocycles. The molecule has 40 heavy (non-hydrogen) atoms. The molecular weight excluding hydrogens is 517 g/mol. The van der Waals surface area contributed by atoms with Crippen LogP contribution in [0.2, 0.25) is 0 Å². The van der Waals surface area contributed by atoms with Crippen molar-refractivity contribution in [3.8, 4) is 11.1 Å². The molecule has 1 saturated heterocycles. The number of hydrogen-bond donors (Lipinski definition) is 3. The Bertz CT molecular complexity index is 1300. The number of fused-ring (bicyclic) bond motifs is 3. The van der Waals surface area contributed by atoms with Crippen LogP contribution in [0.1, 0.15) is 36.8 Å². The minimum absolute atomic E-state index is 0.0387. The summed E-state index contributed by atoms with van der Waals surface area (Å²) in [5, 5.41) is 8.06. The van der Waals surface area contributed by atoms with Crippen LogP contribution < -0.4 is 16.0 Å². The van der Waals surface area contributed by atoms with Gasteiger partial charge in [0, 0.05) is 24.8 Å². The summed E-state index contributed by atoms with van der Waals surface area (Å²) in [6, 6.07) is 24.1. The summed E-state index contributed by atoms with van der Waals surface area (Å²) in [7, 11) is 0. The predicted molar refractivity (Wildman–Crippen MR) is 149 cm³/mol. The highest BCUT2D eigenvalue weighted by Gasteiger charge is 2.49. The largest absolute Gasteiger partial charge is 0.405 e. The summed E-state index contributed by atoms with van der Waals surface area (Å²) in [6.07, 6.45) is -1.81. The zero-order valence-electron chi connectivity index (χ0n) is 22.1. The van der Waals surface area contributed by atoms with Crippen molar-refractivity contribution in [3.63, 3.8) is 0 Å². The lowest BCUT2D eigenvalue weighted by Gasteiger charge is -2.31. The molecule has 2 aliphatic rings. The fourth-order valence-electron chi connectivity index (χ4n) is 6.04. The van der Waals surface area contributed by atoms with Gasteiger partial charge in [-0.05, 0) is 60.2 Å². The molecule has 5 rings (SSSR count). The van der Waals surface area contributed by atoms with Gasteiger partial charge in [-0.3, -0.25) is 4.79 Å². The molecule has 6 nitrogen and oxygen atoms in total. The van der Waals surface area contributed by atoms with Crippen molar-refractivity contribution in [2.24, 2.45) is 0 Å². The summed E-state index contributed by atoms with van der Waals surface area (Å²) >= 11 is 0. The highest BCUT2D eigenvalue weighted by Crippen LogP contribution is 2.51. The van der Waals surface area contributed by atoms with Crippen molar-refractivity contribution in [2.75, 3.05) is 31.5 Å². The summed E-state index contributed by atoms with van der Waals surface area (Å²) in [5.41, 5.74) is 2.85. The van der Waals surface area contributed by atoms with Crippen molar-refractivity contribution < 1.29 is 22.8 Å². The second-order valence-corrected chi connectivity index (χ2v) is 10.5. The first kappa shape index (κ1) is 27.7. The number of urea groups is 1. The van der Waals surface area contributed by atoms with Gasteiger partial charge in [0.2, 0.25) is 5.91 Å². The number of nitrogens with one attached hydrogen (secondary N) is 3. The number of amides is 3. The number of halogens is 3. The fraction of sp³-hybridized carbons (Fsp3) is 0.355. The van der Waals surface area contributed by atoms with E-state index >= 15 is 0 Å². The molecule has 3 N–H and O–H groups in total. The summed E-state index contributed by atoms with van der Waals surface area (Å²) < 4.78 is 39.2. The van der Waals surface area contributed by atoms with Gasteiger partial charge in [-0.1, -0.05) is 73.2 Å². The number of unbranched alkanes of at least 4 members (excludes halogenated alkanes) is 1. The van der Waals surface area contributed by atoms with Crippen molar-refractivity contribution in [1.82, 2.24) is 15.5 Å². The van der Waals surface area contributed by atoms with Crippen molar-refractivity contribution in [1.29, 1.82) is 0 Å². The molecule has 0 saturated carbocycles. The smallest absolute Gasteiger partial charge is 0.346 e. The molecule has 1 fully saturated rings. The molecule has 0 aromatic heterocycles.